The summed E-state index contributed by atoms with van der Waals surface area (Å²) in [6.45, 7) is 3.71. The van der Waals surface area contributed by atoms with Crippen LogP contribution in [0.15, 0.2) is 41.3 Å². The standard InChI is InChI=1S/C6H5.C2H3.Ti/c1-2-4-6-5-3-1;1-2;/h1-5H;1H,2H2;. The Kier molecular flexibility index (Phi) is 2.76. The predicted molar refractivity (Wildman–Crippen MR) is 36.3 cm³/mol. The summed E-state index contributed by atoms with van der Waals surface area (Å²) in [6, 6.07) is 10.5. The van der Waals surface area contributed by atoms with Crippen molar-refractivity contribution in [3.05, 3.63) is 41.3 Å². The summed E-state index contributed by atoms with van der Waals surface area (Å²) in [7, 11) is 0. The Labute approximate surface area is 64.5 Å². The van der Waals surface area contributed by atoms with Crippen molar-refractivity contribution in [3.8, 4) is 0 Å². The summed E-state index contributed by atoms with van der Waals surface area (Å²) in [5, 5.41) is 0. The molecule has 1 aromatic carbocycles. The summed E-state index contributed by atoms with van der Waals surface area (Å²) < 4.78 is 3.49. The fourth-order valence-electron chi connectivity index (χ4n) is 0.652. The van der Waals surface area contributed by atoms with Crippen molar-refractivity contribution >= 4 is 3.87 Å². The molecular formula is C8H8Ti. The van der Waals surface area contributed by atoms with Crippen molar-refractivity contribution in [2.24, 2.45) is 0 Å². The molecule has 9 heavy (non-hydrogen) atoms. The molecule has 0 radical (unpaired) electrons. The van der Waals surface area contributed by atoms with E-state index in [1.165, 1.54) is 3.87 Å². The van der Waals surface area contributed by atoms with Crippen molar-refractivity contribution in [2.75, 3.05) is 0 Å². The molecular weight excluding hydrogens is 144 g/mol. The third-order valence-corrected chi connectivity index (χ3v) is 2.40. The molecule has 0 aliphatic rings. The Morgan fingerprint density at radius 3 is 2.44 bits per heavy atom. The Hall–Kier alpha value is -0.326. The first-order valence-electron chi connectivity index (χ1n) is 2.86. The molecule has 0 nitrogen and oxygen atoms in total. The van der Waals surface area contributed by atoms with E-state index >= 15 is 0 Å². The summed E-state index contributed by atoms with van der Waals surface area (Å²) in [4.78, 5) is 0. The van der Waals surface area contributed by atoms with Crippen molar-refractivity contribution in [1.29, 1.82) is 0 Å². The molecule has 1 rings (SSSR count). The van der Waals surface area contributed by atoms with Gasteiger partial charge in [0.2, 0.25) is 0 Å². The van der Waals surface area contributed by atoms with Crippen LogP contribution in [0.3, 0.4) is 0 Å². The average molecular weight is 152 g/mol. The third kappa shape index (κ3) is 2.17. The van der Waals surface area contributed by atoms with E-state index < -0.39 is 0 Å². The summed E-state index contributed by atoms with van der Waals surface area (Å²) in [5.74, 6) is 0. The van der Waals surface area contributed by atoms with E-state index in [0.29, 0.717) is 0 Å². The van der Waals surface area contributed by atoms with Crippen molar-refractivity contribution in [3.63, 3.8) is 0 Å². The van der Waals surface area contributed by atoms with Crippen LogP contribution in [0, 0.1) is 0 Å². The average Bonchev–Trinajstić information content (AvgIpc) is 1.91. The molecule has 0 aliphatic heterocycles. The molecule has 0 fully saturated rings. The van der Waals surface area contributed by atoms with Crippen molar-refractivity contribution in [1.82, 2.24) is 0 Å². The topological polar surface area (TPSA) is 0 Å². The molecule has 0 unspecified atom stereocenters. The van der Waals surface area contributed by atoms with Crippen LogP contribution in [0.1, 0.15) is 0 Å². The normalized spacial score (nSPS) is 8.44. The second-order valence-electron chi connectivity index (χ2n) is 1.71. The van der Waals surface area contributed by atoms with Crippen LogP contribution in [0.2, 0.25) is 0 Å². The van der Waals surface area contributed by atoms with Gasteiger partial charge in [-0.3, -0.25) is 0 Å². The second-order valence-corrected chi connectivity index (χ2v) is 3.70. The Balaban J connectivity index is 2.72. The van der Waals surface area contributed by atoms with Gasteiger partial charge in [-0.15, -0.1) is 0 Å². The van der Waals surface area contributed by atoms with Gasteiger partial charge in [-0.2, -0.15) is 0 Å². The SMILES string of the molecule is C=[CH][Ti][c]1ccccc1. The van der Waals surface area contributed by atoms with Gasteiger partial charge in [0.15, 0.2) is 0 Å². The molecule has 1 heteroatoms. The maximum atomic E-state index is 3.71. The quantitative estimate of drug-likeness (QED) is 0.564. The first kappa shape index (κ1) is 6.79. The number of hydrogen-bond donors (Lipinski definition) is 0. The van der Waals surface area contributed by atoms with Crippen molar-refractivity contribution in [2.45, 2.75) is 0 Å². The van der Waals surface area contributed by atoms with E-state index in [9.17, 15) is 0 Å². The van der Waals surface area contributed by atoms with Crippen molar-refractivity contribution < 1.29 is 19.2 Å². The first-order chi connectivity index (χ1) is 4.43. The van der Waals surface area contributed by atoms with E-state index in [1.54, 1.807) is 0 Å². The van der Waals surface area contributed by atoms with E-state index in [0.717, 1.165) is 0 Å². The minimum absolute atomic E-state index is 0.0261. The molecule has 44 valence electrons. The van der Waals surface area contributed by atoms with E-state index in [2.05, 4.69) is 30.8 Å². The van der Waals surface area contributed by atoms with Crippen LogP contribution >= 0.6 is 0 Å². The Morgan fingerprint density at radius 2 is 1.89 bits per heavy atom. The summed E-state index contributed by atoms with van der Waals surface area (Å²) in [5.41, 5.74) is 0. The zero-order chi connectivity index (χ0) is 6.53. The van der Waals surface area contributed by atoms with E-state index in [1.807, 2.05) is 10.4 Å². The Morgan fingerprint density at radius 1 is 1.22 bits per heavy atom. The van der Waals surface area contributed by atoms with Gasteiger partial charge in [0.1, 0.15) is 0 Å². The van der Waals surface area contributed by atoms with Gasteiger partial charge in [-0.05, 0) is 0 Å². The molecule has 0 saturated carbocycles. The predicted octanol–water partition coefficient (Wildman–Crippen LogP) is 1.54. The minimum atomic E-state index is -0.0261. The van der Waals surface area contributed by atoms with Gasteiger partial charge in [0.25, 0.3) is 0 Å². The van der Waals surface area contributed by atoms with Crippen LogP contribution in [0.25, 0.3) is 0 Å². The van der Waals surface area contributed by atoms with Gasteiger partial charge in [-0.1, -0.05) is 0 Å². The molecule has 0 amide bonds. The maximum absolute atomic E-state index is 3.71. The molecule has 0 aliphatic carbocycles. The molecule has 0 spiro atoms. The zero-order valence-corrected chi connectivity index (χ0v) is 6.73. The van der Waals surface area contributed by atoms with Gasteiger partial charge >= 0.3 is 64.3 Å². The summed E-state index contributed by atoms with van der Waals surface area (Å²) >= 11 is -0.0261. The molecule has 0 N–H and O–H groups in total. The Bertz CT molecular complexity index is 179. The van der Waals surface area contributed by atoms with E-state index in [-0.39, 0.29) is 19.2 Å². The van der Waals surface area contributed by atoms with E-state index in [4.69, 9.17) is 0 Å². The number of benzene rings is 1. The number of rotatable bonds is 2. The molecule has 0 heterocycles. The van der Waals surface area contributed by atoms with Gasteiger partial charge in [0, 0.05) is 0 Å². The van der Waals surface area contributed by atoms with Gasteiger partial charge in [-0.25, -0.2) is 0 Å². The first-order valence-corrected chi connectivity index (χ1v) is 4.54. The molecule has 1 aromatic rings. The van der Waals surface area contributed by atoms with Crippen LogP contribution in [-0.2, 0) is 19.2 Å². The van der Waals surface area contributed by atoms with Crippen LogP contribution < -0.4 is 3.87 Å². The molecule has 0 saturated heterocycles. The molecule has 0 bridgehead atoms. The fourth-order valence-corrected chi connectivity index (χ4v) is 1.62. The molecule has 0 aromatic heterocycles. The molecule has 0 atom stereocenters. The second kappa shape index (κ2) is 3.65. The van der Waals surface area contributed by atoms with Crippen LogP contribution in [0.4, 0.5) is 0 Å². The van der Waals surface area contributed by atoms with Crippen LogP contribution in [-0.4, -0.2) is 0 Å². The fraction of sp³-hybridized carbons (Fsp3) is 0. The zero-order valence-electron chi connectivity index (χ0n) is 5.17. The third-order valence-electron chi connectivity index (χ3n) is 1.04. The van der Waals surface area contributed by atoms with Gasteiger partial charge in [0.05, 0.1) is 0 Å². The number of hydrogen-bond acceptors (Lipinski definition) is 0. The summed E-state index contributed by atoms with van der Waals surface area (Å²) in [6.07, 6.45) is 0. The monoisotopic (exact) mass is 152 g/mol. The van der Waals surface area contributed by atoms with Gasteiger partial charge < -0.3 is 0 Å². The van der Waals surface area contributed by atoms with Crippen LogP contribution in [0.5, 0.6) is 0 Å².